The van der Waals surface area contributed by atoms with Gasteiger partial charge in [-0.2, -0.15) is 5.26 Å². The maximum Gasteiger partial charge on any atom is 0.225 e. The second-order valence-corrected chi connectivity index (χ2v) is 7.39. The Morgan fingerprint density at radius 3 is 2.54 bits per heavy atom. The minimum atomic E-state index is -0.185. The average Bonchev–Trinajstić information content (AvgIpc) is 2.61. The second kappa shape index (κ2) is 7.69. The molecule has 3 nitrogen and oxygen atoms in total. The summed E-state index contributed by atoms with van der Waals surface area (Å²) in [7, 11) is 0. The van der Waals surface area contributed by atoms with E-state index in [9.17, 15) is 10.1 Å². The van der Waals surface area contributed by atoms with Crippen LogP contribution < -0.4 is 5.32 Å². The van der Waals surface area contributed by atoms with Crippen LogP contribution in [0.1, 0.15) is 23.5 Å². The maximum absolute atomic E-state index is 12.1. The lowest BCUT2D eigenvalue weighted by Crippen LogP contribution is -2.30. The van der Waals surface area contributed by atoms with E-state index in [4.69, 9.17) is 0 Å². The van der Waals surface area contributed by atoms with Gasteiger partial charge in [0, 0.05) is 22.6 Å². The first-order valence-electron chi connectivity index (χ1n) is 7.53. The predicted molar refractivity (Wildman–Crippen MR) is 100 cm³/mol. The van der Waals surface area contributed by atoms with Crippen molar-refractivity contribution in [2.24, 2.45) is 0 Å². The first-order chi connectivity index (χ1) is 11.7. The molecule has 3 rings (SSSR count). The molecular formula is C19H15BrN2OS. The fraction of sp³-hybridized carbons (Fsp3) is 0.158. The van der Waals surface area contributed by atoms with Gasteiger partial charge in [0.15, 0.2) is 0 Å². The fourth-order valence-corrected chi connectivity index (χ4v) is 3.94. The van der Waals surface area contributed by atoms with Gasteiger partial charge in [0.05, 0.1) is 16.7 Å². The van der Waals surface area contributed by atoms with E-state index in [0.29, 0.717) is 22.8 Å². The largest absolute Gasteiger partial charge is 0.320 e. The van der Waals surface area contributed by atoms with Crippen LogP contribution in [0.2, 0.25) is 0 Å². The van der Waals surface area contributed by atoms with E-state index in [0.717, 1.165) is 15.6 Å². The molecule has 1 N–H and O–H groups in total. The summed E-state index contributed by atoms with van der Waals surface area (Å²) in [6, 6.07) is 20.1. The van der Waals surface area contributed by atoms with Gasteiger partial charge in [0.2, 0.25) is 5.91 Å². The van der Waals surface area contributed by atoms with Crippen molar-refractivity contribution < 1.29 is 4.79 Å². The molecule has 2 aromatic rings. The number of nitriles is 1. The Balaban J connectivity index is 1.88. The number of carbonyl (C=O) groups is 1. The first-order valence-corrected chi connectivity index (χ1v) is 9.31. The molecule has 1 heterocycles. The van der Waals surface area contributed by atoms with Crippen molar-refractivity contribution >= 4 is 33.6 Å². The number of allylic oxidation sites excluding steroid dienone is 1. The number of halogens is 1. The number of benzene rings is 2. The highest BCUT2D eigenvalue weighted by Gasteiger charge is 2.29. The normalized spacial score (nSPS) is 17.3. The number of amides is 1. The van der Waals surface area contributed by atoms with Gasteiger partial charge in [0.1, 0.15) is 0 Å². The molecule has 1 aliphatic rings. The van der Waals surface area contributed by atoms with Crippen molar-refractivity contribution in [3.8, 4) is 6.07 Å². The standard InChI is InChI=1S/C19H15BrN2OS/c20-15-8-6-14(7-9-15)16-10-18(23)22-19(17(16)11-21)24-12-13-4-2-1-3-5-13/h1-9,16H,10,12H2,(H,22,23)/t16-/m0/s1. The number of hydrogen-bond donors (Lipinski definition) is 1. The third-order valence-electron chi connectivity index (χ3n) is 3.85. The van der Waals surface area contributed by atoms with Gasteiger partial charge in [-0.25, -0.2) is 0 Å². The molecule has 24 heavy (non-hydrogen) atoms. The van der Waals surface area contributed by atoms with Crippen molar-refractivity contribution in [1.82, 2.24) is 5.32 Å². The molecule has 0 radical (unpaired) electrons. The zero-order valence-electron chi connectivity index (χ0n) is 12.8. The van der Waals surface area contributed by atoms with Crippen LogP contribution in [0.25, 0.3) is 0 Å². The fourth-order valence-electron chi connectivity index (χ4n) is 2.64. The number of thioether (sulfide) groups is 1. The summed E-state index contributed by atoms with van der Waals surface area (Å²) in [6.07, 6.45) is 0.305. The number of nitrogens with one attached hydrogen (secondary N) is 1. The maximum atomic E-state index is 12.1. The molecule has 0 aromatic heterocycles. The molecular weight excluding hydrogens is 384 g/mol. The third-order valence-corrected chi connectivity index (χ3v) is 5.47. The van der Waals surface area contributed by atoms with Gasteiger partial charge in [-0.1, -0.05) is 58.4 Å². The molecule has 1 aliphatic heterocycles. The molecule has 1 amide bonds. The Hall–Kier alpha value is -2.03. The monoisotopic (exact) mass is 398 g/mol. The van der Waals surface area contributed by atoms with E-state index in [1.807, 2.05) is 54.6 Å². The van der Waals surface area contributed by atoms with Crippen LogP contribution in [0.5, 0.6) is 0 Å². The van der Waals surface area contributed by atoms with Gasteiger partial charge in [-0.05, 0) is 23.3 Å². The van der Waals surface area contributed by atoms with Crippen LogP contribution in [-0.4, -0.2) is 5.91 Å². The minimum absolute atomic E-state index is 0.0440. The zero-order valence-corrected chi connectivity index (χ0v) is 15.2. The minimum Gasteiger partial charge on any atom is -0.320 e. The van der Waals surface area contributed by atoms with E-state index in [1.54, 1.807) is 0 Å². The highest BCUT2D eigenvalue weighted by atomic mass is 79.9. The molecule has 0 saturated heterocycles. The van der Waals surface area contributed by atoms with Gasteiger partial charge in [0.25, 0.3) is 0 Å². The van der Waals surface area contributed by atoms with Gasteiger partial charge < -0.3 is 5.32 Å². The Morgan fingerprint density at radius 2 is 1.88 bits per heavy atom. The van der Waals surface area contributed by atoms with Crippen molar-refractivity contribution in [1.29, 1.82) is 5.26 Å². The molecule has 0 aliphatic carbocycles. The number of hydrogen-bond acceptors (Lipinski definition) is 3. The summed E-state index contributed by atoms with van der Waals surface area (Å²) in [5.74, 6) is 0.488. The number of rotatable bonds is 4. The Labute approximate surface area is 153 Å². The highest BCUT2D eigenvalue weighted by molar-refractivity contribution is 9.10. The number of carbonyl (C=O) groups excluding carboxylic acids is 1. The molecule has 0 saturated carbocycles. The zero-order chi connectivity index (χ0) is 16.9. The molecule has 0 bridgehead atoms. The topological polar surface area (TPSA) is 52.9 Å². The van der Waals surface area contributed by atoms with Gasteiger partial charge in [-0.3, -0.25) is 4.79 Å². The quantitative estimate of drug-likeness (QED) is 0.810. The molecule has 0 fully saturated rings. The Morgan fingerprint density at radius 1 is 1.17 bits per heavy atom. The smallest absolute Gasteiger partial charge is 0.225 e. The van der Waals surface area contributed by atoms with Crippen molar-refractivity contribution in [3.05, 3.63) is 80.8 Å². The molecule has 1 atom stereocenters. The van der Waals surface area contributed by atoms with Crippen LogP contribution in [0.15, 0.2) is 69.7 Å². The van der Waals surface area contributed by atoms with E-state index in [-0.39, 0.29) is 11.8 Å². The predicted octanol–water partition coefficient (Wildman–Crippen LogP) is 4.72. The lowest BCUT2D eigenvalue weighted by molar-refractivity contribution is -0.120. The van der Waals surface area contributed by atoms with Crippen molar-refractivity contribution in [2.75, 3.05) is 0 Å². The summed E-state index contributed by atoms with van der Waals surface area (Å²) >= 11 is 4.92. The molecule has 0 unspecified atom stereocenters. The summed E-state index contributed by atoms with van der Waals surface area (Å²) < 4.78 is 0.979. The number of nitrogens with zero attached hydrogens (tertiary/aromatic N) is 1. The van der Waals surface area contributed by atoms with E-state index in [1.165, 1.54) is 11.8 Å². The van der Waals surface area contributed by atoms with Crippen LogP contribution >= 0.6 is 27.7 Å². The molecule has 0 spiro atoms. The molecule has 2 aromatic carbocycles. The average molecular weight is 399 g/mol. The van der Waals surface area contributed by atoms with E-state index < -0.39 is 0 Å². The molecule has 120 valence electrons. The van der Waals surface area contributed by atoms with Gasteiger partial charge in [-0.15, -0.1) is 11.8 Å². The van der Waals surface area contributed by atoms with Crippen LogP contribution in [0.3, 0.4) is 0 Å². The summed E-state index contributed by atoms with van der Waals surface area (Å²) in [5, 5.41) is 13.2. The van der Waals surface area contributed by atoms with Gasteiger partial charge >= 0.3 is 0 Å². The summed E-state index contributed by atoms with van der Waals surface area (Å²) in [4.78, 5) is 12.1. The second-order valence-electron chi connectivity index (χ2n) is 5.49. The lowest BCUT2D eigenvalue weighted by atomic mass is 9.87. The van der Waals surface area contributed by atoms with Crippen LogP contribution in [-0.2, 0) is 10.5 Å². The summed E-state index contributed by atoms with van der Waals surface area (Å²) in [6.45, 7) is 0. The third kappa shape index (κ3) is 3.89. The SMILES string of the molecule is N#CC1=C(SCc2ccccc2)NC(=O)C[C@H]1c1ccc(Br)cc1. The van der Waals surface area contributed by atoms with E-state index >= 15 is 0 Å². The van der Waals surface area contributed by atoms with Crippen LogP contribution in [0.4, 0.5) is 0 Å². The van der Waals surface area contributed by atoms with E-state index in [2.05, 4.69) is 27.3 Å². The van der Waals surface area contributed by atoms with Crippen LogP contribution in [0, 0.1) is 11.3 Å². The van der Waals surface area contributed by atoms with Crippen molar-refractivity contribution in [2.45, 2.75) is 18.1 Å². The Bertz CT molecular complexity index is 810. The lowest BCUT2D eigenvalue weighted by Gasteiger charge is -2.25. The molecule has 5 heteroatoms. The summed E-state index contributed by atoms with van der Waals surface area (Å²) in [5.41, 5.74) is 2.78. The highest BCUT2D eigenvalue weighted by Crippen LogP contribution is 2.37. The van der Waals surface area contributed by atoms with Crippen molar-refractivity contribution in [3.63, 3.8) is 0 Å². The first kappa shape index (κ1) is 16.8. The Kier molecular flexibility index (Phi) is 5.39.